The van der Waals surface area contributed by atoms with Gasteiger partial charge in [0.25, 0.3) is 0 Å². The zero-order chi connectivity index (χ0) is 10.2. The monoisotopic (exact) mass is 190 g/mol. The molecule has 1 aromatic rings. The molecule has 0 aliphatic heterocycles. The van der Waals surface area contributed by atoms with E-state index < -0.39 is 0 Å². The number of nitrogens with two attached hydrogens (primary N) is 1. The van der Waals surface area contributed by atoms with Crippen LogP contribution in [0.25, 0.3) is 0 Å². The number of hydrogen-bond donors (Lipinski definition) is 1. The Morgan fingerprint density at radius 2 is 2.14 bits per heavy atom. The molecule has 0 spiro atoms. The molecule has 0 aliphatic carbocycles. The zero-order valence-corrected chi connectivity index (χ0v) is 7.93. The van der Waals surface area contributed by atoms with Crippen LogP contribution in [-0.2, 0) is 15.9 Å². The molecule has 3 nitrogen and oxygen atoms in total. The first-order valence-corrected chi connectivity index (χ1v) is 4.51. The van der Waals surface area contributed by atoms with Crippen molar-refractivity contribution in [3.05, 3.63) is 35.9 Å². The van der Waals surface area contributed by atoms with Crippen molar-refractivity contribution in [3.63, 3.8) is 0 Å². The molecular formula is C10H13BNO2. The van der Waals surface area contributed by atoms with Crippen molar-refractivity contribution in [1.29, 1.82) is 0 Å². The molecule has 14 heavy (non-hydrogen) atoms. The van der Waals surface area contributed by atoms with Crippen molar-refractivity contribution in [3.8, 4) is 0 Å². The van der Waals surface area contributed by atoms with E-state index in [1.165, 1.54) is 7.48 Å². The van der Waals surface area contributed by atoms with Gasteiger partial charge in [0.15, 0.2) is 0 Å². The highest BCUT2D eigenvalue weighted by molar-refractivity contribution is 6.35. The van der Waals surface area contributed by atoms with E-state index in [9.17, 15) is 4.79 Å². The standard InChI is InChI=1S/C10H13BNO2/c12-8-14-11-10(7-13)6-9-4-2-1-3-5-9/h1-5,7,10H,6,8,12H2/t10-/m0/s1. The van der Waals surface area contributed by atoms with Crippen molar-refractivity contribution in [2.45, 2.75) is 12.2 Å². The number of benzene rings is 1. The van der Waals surface area contributed by atoms with Crippen molar-refractivity contribution in [2.75, 3.05) is 6.73 Å². The molecule has 0 fully saturated rings. The van der Waals surface area contributed by atoms with Crippen LogP contribution in [-0.4, -0.2) is 20.5 Å². The molecule has 0 saturated heterocycles. The van der Waals surface area contributed by atoms with Gasteiger partial charge in [-0.05, 0) is 12.0 Å². The average molecular weight is 190 g/mol. The Labute approximate surface area is 84.5 Å². The van der Waals surface area contributed by atoms with E-state index in [2.05, 4.69) is 0 Å². The number of rotatable bonds is 6. The molecule has 0 amide bonds. The highest BCUT2D eigenvalue weighted by atomic mass is 16.4. The minimum Gasteiger partial charge on any atom is -0.428 e. The lowest BCUT2D eigenvalue weighted by Gasteiger charge is -2.07. The summed E-state index contributed by atoms with van der Waals surface area (Å²) in [5, 5.41) is 0. The normalized spacial score (nSPS) is 12.1. The predicted octanol–water partition coefficient (Wildman–Crippen LogP) is 0.768. The molecule has 0 unspecified atom stereocenters. The first-order chi connectivity index (χ1) is 6.86. The second-order valence-electron chi connectivity index (χ2n) is 2.96. The third kappa shape index (κ3) is 3.72. The van der Waals surface area contributed by atoms with Crippen LogP contribution in [0.1, 0.15) is 5.56 Å². The summed E-state index contributed by atoms with van der Waals surface area (Å²) in [4.78, 5) is 10.7. The maximum Gasteiger partial charge on any atom is 0.305 e. The summed E-state index contributed by atoms with van der Waals surface area (Å²) >= 11 is 0. The van der Waals surface area contributed by atoms with Crippen LogP contribution in [0, 0.1) is 0 Å². The van der Waals surface area contributed by atoms with Gasteiger partial charge >= 0.3 is 7.48 Å². The van der Waals surface area contributed by atoms with Gasteiger partial charge in [-0.3, -0.25) is 0 Å². The first kappa shape index (κ1) is 11.0. The number of hydrogen-bond acceptors (Lipinski definition) is 3. The van der Waals surface area contributed by atoms with E-state index in [4.69, 9.17) is 10.4 Å². The largest absolute Gasteiger partial charge is 0.428 e. The Balaban J connectivity index is 2.44. The van der Waals surface area contributed by atoms with Crippen LogP contribution < -0.4 is 5.73 Å². The molecule has 2 N–H and O–H groups in total. The fourth-order valence-corrected chi connectivity index (χ4v) is 1.19. The van der Waals surface area contributed by atoms with E-state index in [0.29, 0.717) is 6.42 Å². The van der Waals surface area contributed by atoms with Gasteiger partial charge in [0.05, 0.1) is 6.73 Å². The summed E-state index contributed by atoms with van der Waals surface area (Å²) < 4.78 is 4.88. The Bertz CT molecular complexity index is 266. The van der Waals surface area contributed by atoms with E-state index in [1.807, 2.05) is 30.3 Å². The third-order valence-corrected chi connectivity index (χ3v) is 1.86. The minimum atomic E-state index is -0.221. The van der Waals surface area contributed by atoms with Gasteiger partial charge in [0, 0.05) is 5.82 Å². The van der Waals surface area contributed by atoms with Crippen LogP contribution in [0.15, 0.2) is 30.3 Å². The van der Waals surface area contributed by atoms with Crippen molar-refractivity contribution >= 4 is 13.8 Å². The molecule has 0 heterocycles. The summed E-state index contributed by atoms with van der Waals surface area (Å²) in [5.41, 5.74) is 6.27. The molecule has 4 heteroatoms. The van der Waals surface area contributed by atoms with Crippen molar-refractivity contribution in [2.24, 2.45) is 5.73 Å². The Morgan fingerprint density at radius 1 is 1.43 bits per heavy atom. The third-order valence-electron chi connectivity index (χ3n) is 1.86. The minimum absolute atomic E-state index is 0.110. The van der Waals surface area contributed by atoms with Gasteiger partial charge in [-0.2, -0.15) is 0 Å². The van der Waals surface area contributed by atoms with Gasteiger partial charge < -0.3 is 15.2 Å². The van der Waals surface area contributed by atoms with Gasteiger partial charge in [0.2, 0.25) is 0 Å². The molecule has 0 bridgehead atoms. The first-order valence-electron chi connectivity index (χ1n) is 4.51. The number of carbonyl (C=O) groups excluding carboxylic acids is 1. The van der Waals surface area contributed by atoms with E-state index in [0.717, 1.165) is 11.8 Å². The maximum atomic E-state index is 10.7. The van der Waals surface area contributed by atoms with E-state index >= 15 is 0 Å². The second kappa shape index (κ2) is 6.35. The Morgan fingerprint density at radius 3 is 2.71 bits per heavy atom. The number of aldehydes is 1. The van der Waals surface area contributed by atoms with Crippen LogP contribution in [0.5, 0.6) is 0 Å². The molecule has 0 aromatic heterocycles. The zero-order valence-electron chi connectivity index (χ0n) is 7.93. The molecule has 1 atom stereocenters. The highest BCUT2D eigenvalue weighted by Gasteiger charge is 2.10. The summed E-state index contributed by atoms with van der Waals surface area (Å²) in [6.07, 6.45) is 1.52. The fraction of sp³-hybridized carbons (Fsp3) is 0.300. The topological polar surface area (TPSA) is 52.3 Å². The van der Waals surface area contributed by atoms with Crippen LogP contribution in [0.2, 0.25) is 5.82 Å². The predicted molar refractivity (Wildman–Crippen MR) is 55.9 cm³/mol. The van der Waals surface area contributed by atoms with E-state index in [-0.39, 0.29) is 12.5 Å². The molecule has 1 rings (SSSR count). The summed E-state index contributed by atoms with van der Waals surface area (Å²) in [7, 11) is 1.49. The van der Waals surface area contributed by atoms with Crippen LogP contribution in [0.4, 0.5) is 0 Å². The van der Waals surface area contributed by atoms with Crippen LogP contribution in [0.3, 0.4) is 0 Å². The van der Waals surface area contributed by atoms with E-state index in [1.54, 1.807) is 0 Å². The lowest BCUT2D eigenvalue weighted by molar-refractivity contribution is -0.107. The second-order valence-corrected chi connectivity index (χ2v) is 2.96. The summed E-state index contributed by atoms with van der Waals surface area (Å²) in [6, 6.07) is 9.79. The highest BCUT2D eigenvalue weighted by Crippen LogP contribution is 2.10. The smallest absolute Gasteiger partial charge is 0.305 e. The van der Waals surface area contributed by atoms with Gasteiger partial charge in [-0.15, -0.1) is 0 Å². The quantitative estimate of drug-likeness (QED) is 0.409. The number of carbonyl (C=O) groups is 1. The molecular weight excluding hydrogens is 177 g/mol. The summed E-state index contributed by atoms with van der Waals surface area (Å²) in [5.74, 6) is -0.221. The molecule has 1 radical (unpaired) electrons. The molecule has 0 saturated carbocycles. The lowest BCUT2D eigenvalue weighted by atomic mass is 9.77. The lowest BCUT2D eigenvalue weighted by Crippen LogP contribution is -2.16. The maximum absolute atomic E-state index is 10.7. The van der Waals surface area contributed by atoms with Crippen LogP contribution >= 0.6 is 0 Å². The molecule has 73 valence electrons. The van der Waals surface area contributed by atoms with Gasteiger partial charge in [-0.1, -0.05) is 30.3 Å². The Kier molecular flexibility index (Phi) is 4.97. The van der Waals surface area contributed by atoms with Crippen molar-refractivity contribution in [1.82, 2.24) is 0 Å². The van der Waals surface area contributed by atoms with Gasteiger partial charge in [-0.25, -0.2) is 0 Å². The van der Waals surface area contributed by atoms with Gasteiger partial charge in [0.1, 0.15) is 6.29 Å². The fourth-order valence-electron chi connectivity index (χ4n) is 1.19. The summed E-state index contributed by atoms with van der Waals surface area (Å²) in [6.45, 7) is 0.110. The average Bonchev–Trinajstić information content (AvgIpc) is 2.25. The SMILES string of the molecule is NCO[B][C@H](C=O)Cc1ccccc1. The molecule has 0 aliphatic rings. The molecule has 1 aromatic carbocycles. The van der Waals surface area contributed by atoms with Crippen molar-refractivity contribution < 1.29 is 9.45 Å². The Hall–Kier alpha value is -1.13.